The predicted octanol–water partition coefficient (Wildman–Crippen LogP) is 3.11. The molecule has 0 atom stereocenters. The molecule has 1 amide bonds. The first kappa shape index (κ1) is 16.5. The number of anilines is 1. The number of hydrogen-bond donors (Lipinski definition) is 2. The number of amides is 1. The first-order valence-electron chi connectivity index (χ1n) is 7.21. The minimum atomic E-state index is -0.737. The van der Waals surface area contributed by atoms with Crippen LogP contribution in [0.1, 0.15) is 27.0 Å². The van der Waals surface area contributed by atoms with E-state index in [1.54, 1.807) is 13.0 Å². The minimum Gasteiger partial charge on any atom is -0.507 e. The van der Waals surface area contributed by atoms with Crippen molar-refractivity contribution in [1.82, 2.24) is 0 Å². The van der Waals surface area contributed by atoms with E-state index in [0.29, 0.717) is 5.69 Å². The summed E-state index contributed by atoms with van der Waals surface area (Å²) in [7, 11) is 0. The number of carbonyl (C=O) groups excluding carboxylic acids is 2. The molecule has 0 saturated carbocycles. The van der Waals surface area contributed by atoms with E-state index < -0.39 is 18.5 Å². The van der Waals surface area contributed by atoms with Crippen molar-refractivity contribution in [3.05, 3.63) is 58.7 Å². The van der Waals surface area contributed by atoms with E-state index in [4.69, 9.17) is 4.74 Å². The maximum atomic E-state index is 11.9. The maximum Gasteiger partial charge on any atom is 0.342 e. The molecule has 0 fully saturated rings. The lowest BCUT2D eigenvalue weighted by Crippen LogP contribution is -2.21. The fourth-order valence-electron chi connectivity index (χ4n) is 2.21. The molecule has 0 aromatic heterocycles. The second kappa shape index (κ2) is 6.96. The van der Waals surface area contributed by atoms with Gasteiger partial charge in [-0.1, -0.05) is 24.3 Å². The molecule has 2 aromatic carbocycles. The molecule has 2 rings (SSSR count). The van der Waals surface area contributed by atoms with Crippen LogP contribution in [0.15, 0.2) is 36.4 Å². The number of carbonyl (C=O) groups is 2. The van der Waals surface area contributed by atoms with Crippen LogP contribution in [-0.4, -0.2) is 23.6 Å². The lowest BCUT2D eigenvalue weighted by Gasteiger charge is -2.12. The van der Waals surface area contributed by atoms with Crippen LogP contribution in [0.3, 0.4) is 0 Å². The van der Waals surface area contributed by atoms with Crippen LogP contribution < -0.4 is 5.32 Å². The van der Waals surface area contributed by atoms with Crippen LogP contribution in [0.4, 0.5) is 5.69 Å². The molecule has 0 heterocycles. The van der Waals surface area contributed by atoms with Crippen LogP contribution in [0.25, 0.3) is 0 Å². The minimum absolute atomic E-state index is 0.0375. The smallest absolute Gasteiger partial charge is 0.342 e. The molecule has 2 aromatic rings. The summed E-state index contributed by atoms with van der Waals surface area (Å²) in [4.78, 5) is 23.8. The zero-order chi connectivity index (χ0) is 17.0. The Labute approximate surface area is 134 Å². The summed E-state index contributed by atoms with van der Waals surface area (Å²) >= 11 is 0. The number of phenols is 1. The van der Waals surface area contributed by atoms with Gasteiger partial charge in [0.25, 0.3) is 5.91 Å². The summed E-state index contributed by atoms with van der Waals surface area (Å²) in [5.74, 6) is -1.33. The van der Waals surface area contributed by atoms with Crippen molar-refractivity contribution in [2.75, 3.05) is 11.9 Å². The predicted molar refractivity (Wildman–Crippen MR) is 87.7 cm³/mol. The molecule has 23 heavy (non-hydrogen) atoms. The zero-order valence-corrected chi connectivity index (χ0v) is 13.3. The summed E-state index contributed by atoms with van der Waals surface area (Å²) < 4.78 is 4.95. The highest BCUT2D eigenvalue weighted by Gasteiger charge is 2.15. The third kappa shape index (κ3) is 4.10. The monoisotopic (exact) mass is 313 g/mol. The van der Waals surface area contributed by atoms with E-state index >= 15 is 0 Å². The highest BCUT2D eigenvalue weighted by molar-refractivity contribution is 5.97. The lowest BCUT2D eigenvalue weighted by molar-refractivity contribution is -0.119. The third-order valence-corrected chi connectivity index (χ3v) is 3.45. The van der Waals surface area contributed by atoms with Crippen LogP contribution >= 0.6 is 0 Å². The number of rotatable bonds is 4. The summed E-state index contributed by atoms with van der Waals surface area (Å²) in [6.07, 6.45) is 0. The summed E-state index contributed by atoms with van der Waals surface area (Å²) in [5.41, 5.74) is 3.44. The molecule has 0 spiro atoms. The number of benzene rings is 2. The Morgan fingerprint density at radius 1 is 1.09 bits per heavy atom. The molecule has 0 aliphatic heterocycles. The van der Waals surface area contributed by atoms with Gasteiger partial charge < -0.3 is 15.2 Å². The van der Waals surface area contributed by atoms with Crippen molar-refractivity contribution >= 4 is 17.6 Å². The van der Waals surface area contributed by atoms with Crippen molar-refractivity contribution in [3.8, 4) is 5.75 Å². The molecule has 5 heteroatoms. The second-order valence-electron chi connectivity index (χ2n) is 5.41. The standard InChI is InChI=1S/C18H19NO4/c1-11-7-8-14(15(20)9-11)18(22)23-10-16(21)19-17-12(2)5-4-6-13(17)3/h4-9,20H,10H2,1-3H3,(H,19,21). The van der Waals surface area contributed by atoms with Gasteiger partial charge in [-0.25, -0.2) is 4.79 Å². The number of ether oxygens (including phenoxy) is 1. The van der Waals surface area contributed by atoms with Crippen molar-refractivity contribution in [3.63, 3.8) is 0 Å². The van der Waals surface area contributed by atoms with Crippen molar-refractivity contribution < 1.29 is 19.4 Å². The SMILES string of the molecule is Cc1ccc(C(=O)OCC(=O)Nc2c(C)cccc2C)c(O)c1. The Morgan fingerprint density at radius 3 is 2.35 bits per heavy atom. The van der Waals surface area contributed by atoms with Crippen LogP contribution in [0.2, 0.25) is 0 Å². The molecule has 0 aliphatic carbocycles. The van der Waals surface area contributed by atoms with Crippen molar-refractivity contribution in [2.24, 2.45) is 0 Å². The van der Waals surface area contributed by atoms with Crippen LogP contribution in [0.5, 0.6) is 5.75 Å². The lowest BCUT2D eigenvalue weighted by atomic mass is 10.1. The molecule has 0 unspecified atom stereocenters. The van der Waals surface area contributed by atoms with E-state index in [0.717, 1.165) is 16.7 Å². The summed E-state index contributed by atoms with van der Waals surface area (Å²) in [6.45, 7) is 5.16. The average molecular weight is 313 g/mol. The number of esters is 1. The highest BCUT2D eigenvalue weighted by atomic mass is 16.5. The fraction of sp³-hybridized carbons (Fsp3) is 0.222. The number of phenolic OH excluding ortho intramolecular Hbond substituents is 1. The number of nitrogens with one attached hydrogen (secondary N) is 1. The van der Waals surface area contributed by atoms with E-state index in [1.165, 1.54) is 12.1 Å². The van der Waals surface area contributed by atoms with Gasteiger partial charge in [-0.3, -0.25) is 4.79 Å². The number of para-hydroxylation sites is 1. The number of hydrogen-bond acceptors (Lipinski definition) is 4. The summed E-state index contributed by atoms with van der Waals surface area (Å²) in [5, 5.41) is 12.5. The molecule has 0 saturated heterocycles. The maximum absolute atomic E-state index is 11.9. The van der Waals surface area contributed by atoms with E-state index in [-0.39, 0.29) is 11.3 Å². The van der Waals surface area contributed by atoms with E-state index in [1.807, 2.05) is 32.0 Å². The number of aromatic hydroxyl groups is 1. The highest BCUT2D eigenvalue weighted by Crippen LogP contribution is 2.20. The Balaban J connectivity index is 1.98. The number of aryl methyl sites for hydroxylation is 3. The first-order chi connectivity index (χ1) is 10.9. The Hall–Kier alpha value is -2.82. The van der Waals surface area contributed by atoms with Gasteiger partial charge in [0.05, 0.1) is 0 Å². The molecular weight excluding hydrogens is 294 g/mol. The second-order valence-corrected chi connectivity index (χ2v) is 5.41. The van der Waals surface area contributed by atoms with Crippen LogP contribution in [0, 0.1) is 20.8 Å². The normalized spacial score (nSPS) is 10.2. The van der Waals surface area contributed by atoms with Gasteiger partial charge in [-0.2, -0.15) is 0 Å². The molecule has 0 bridgehead atoms. The van der Waals surface area contributed by atoms with Gasteiger partial charge >= 0.3 is 5.97 Å². The van der Waals surface area contributed by atoms with Gasteiger partial charge in [-0.05, 0) is 49.6 Å². The van der Waals surface area contributed by atoms with Gasteiger partial charge in [-0.15, -0.1) is 0 Å². The Morgan fingerprint density at radius 2 is 1.74 bits per heavy atom. The molecule has 5 nitrogen and oxygen atoms in total. The van der Waals surface area contributed by atoms with Crippen molar-refractivity contribution in [1.29, 1.82) is 0 Å². The molecule has 0 aliphatic rings. The molecular formula is C18H19NO4. The van der Waals surface area contributed by atoms with Gasteiger partial charge in [0.15, 0.2) is 6.61 Å². The largest absolute Gasteiger partial charge is 0.507 e. The van der Waals surface area contributed by atoms with Gasteiger partial charge in [0.2, 0.25) is 0 Å². The van der Waals surface area contributed by atoms with Gasteiger partial charge in [0.1, 0.15) is 11.3 Å². The topological polar surface area (TPSA) is 75.6 Å². The van der Waals surface area contributed by atoms with E-state index in [9.17, 15) is 14.7 Å². The van der Waals surface area contributed by atoms with Crippen molar-refractivity contribution in [2.45, 2.75) is 20.8 Å². The van der Waals surface area contributed by atoms with E-state index in [2.05, 4.69) is 5.32 Å². The first-order valence-corrected chi connectivity index (χ1v) is 7.21. The van der Waals surface area contributed by atoms with Gasteiger partial charge in [0, 0.05) is 5.69 Å². The molecule has 2 N–H and O–H groups in total. The van der Waals surface area contributed by atoms with Crippen LogP contribution in [-0.2, 0) is 9.53 Å². The molecule has 0 radical (unpaired) electrons. The third-order valence-electron chi connectivity index (χ3n) is 3.45. The Bertz CT molecular complexity index is 732. The summed E-state index contributed by atoms with van der Waals surface area (Å²) in [6, 6.07) is 10.3. The quantitative estimate of drug-likeness (QED) is 0.850. The zero-order valence-electron chi connectivity index (χ0n) is 13.3. The molecule has 120 valence electrons. The average Bonchev–Trinajstić information content (AvgIpc) is 2.49. The Kier molecular flexibility index (Phi) is 5.01. The fourth-order valence-corrected chi connectivity index (χ4v) is 2.21.